The van der Waals surface area contributed by atoms with E-state index in [0.717, 1.165) is 13.0 Å². The molecule has 1 rings (SSSR count). The average Bonchev–Trinajstić information content (AvgIpc) is 2.13. The van der Waals surface area contributed by atoms with Gasteiger partial charge in [0.05, 0.1) is 0 Å². The molecule has 2 nitrogen and oxygen atoms in total. The molecule has 0 fully saturated rings. The van der Waals surface area contributed by atoms with Crippen LogP contribution in [0.3, 0.4) is 0 Å². The second-order valence-corrected chi connectivity index (χ2v) is 2.87. The predicted molar refractivity (Wildman–Crippen MR) is 42.2 cm³/mol. The SMILES string of the molecule is CSC1NC=CCCN1. The van der Waals surface area contributed by atoms with Crippen LogP contribution in [0.5, 0.6) is 0 Å². The number of rotatable bonds is 1. The zero-order valence-corrected chi connectivity index (χ0v) is 6.37. The van der Waals surface area contributed by atoms with Gasteiger partial charge >= 0.3 is 0 Å². The maximum absolute atomic E-state index is 3.32. The minimum Gasteiger partial charge on any atom is -0.368 e. The van der Waals surface area contributed by atoms with Crippen LogP contribution in [0.4, 0.5) is 0 Å². The zero-order valence-electron chi connectivity index (χ0n) is 5.55. The highest BCUT2D eigenvalue weighted by Gasteiger charge is 2.02. The topological polar surface area (TPSA) is 24.1 Å². The smallest absolute Gasteiger partial charge is 0.125 e. The molecule has 0 aromatic rings. The Bertz CT molecular complexity index is 103. The lowest BCUT2D eigenvalue weighted by atomic mass is 10.4. The van der Waals surface area contributed by atoms with E-state index in [9.17, 15) is 0 Å². The summed E-state index contributed by atoms with van der Waals surface area (Å²) >= 11 is 1.79. The fourth-order valence-corrected chi connectivity index (χ4v) is 1.25. The van der Waals surface area contributed by atoms with Crippen LogP contribution in [0.15, 0.2) is 12.3 Å². The molecule has 0 aromatic heterocycles. The van der Waals surface area contributed by atoms with Crippen LogP contribution < -0.4 is 10.6 Å². The van der Waals surface area contributed by atoms with E-state index < -0.39 is 0 Å². The quantitative estimate of drug-likeness (QED) is 0.567. The van der Waals surface area contributed by atoms with Crippen molar-refractivity contribution >= 4 is 11.8 Å². The fraction of sp³-hybridized carbons (Fsp3) is 0.667. The summed E-state index contributed by atoms with van der Waals surface area (Å²) in [6.45, 7) is 1.08. The van der Waals surface area contributed by atoms with Crippen molar-refractivity contribution in [3.63, 3.8) is 0 Å². The minimum atomic E-state index is 0.406. The van der Waals surface area contributed by atoms with E-state index in [0.29, 0.717) is 5.50 Å². The van der Waals surface area contributed by atoms with E-state index in [2.05, 4.69) is 23.0 Å². The molecule has 0 bridgehead atoms. The molecule has 1 unspecified atom stereocenters. The van der Waals surface area contributed by atoms with E-state index >= 15 is 0 Å². The molecule has 52 valence electrons. The van der Waals surface area contributed by atoms with Gasteiger partial charge in [-0.05, 0) is 18.9 Å². The van der Waals surface area contributed by atoms with Crippen molar-refractivity contribution in [1.29, 1.82) is 0 Å². The Labute approximate surface area is 60.1 Å². The second-order valence-electron chi connectivity index (χ2n) is 1.93. The summed E-state index contributed by atoms with van der Waals surface area (Å²) in [6.07, 6.45) is 7.37. The lowest BCUT2D eigenvalue weighted by molar-refractivity contribution is 0.631. The third-order valence-electron chi connectivity index (χ3n) is 1.24. The molecule has 0 aliphatic carbocycles. The van der Waals surface area contributed by atoms with Gasteiger partial charge in [-0.3, -0.25) is 5.32 Å². The maximum atomic E-state index is 3.32. The molecule has 3 heteroatoms. The summed E-state index contributed by atoms with van der Waals surface area (Å²) in [5.41, 5.74) is 0.406. The van der Waals surface area contributed by atoms with Crippen LogP contribution in [0.25, 0.3) is 0 Å². The van der Waals surface area contributed by atoms with Gasteiger partial charge in [0.2, 0.25) is 0 Å². The van der Waals surface area contributed by atoms with Crippen LogP contribution in [-0.2, 0) is 0 Å². The van der Waals surface area contributed by atoms with Crippen LogP contribution in [0.1, 0.15) is 6.42 Å². The van der Waals surface area contributed by atoms with Gasteiger partial charge in [0.25, 0.3) is 0 Å². The first-order valence-corrected chi connectivity index (χ1v) is 4.39. The van der Waals surface area contributed by atoms with Gasteiger partial charge in [-0.25, -0.2) is 0 Å². The Hall–Kier alpha value is -0.150. The van der Waals surface area contributed by atoms with Crippen molar-refractivity contribution in [3.8, 4) is 0 Å². The highest BCUT2D eigenvalue weighted by Crippen LogP contribution is 2.00. The normalized spacial score (nSPS) is 27.0. The van der Waals surface area contributed by atoms with E-state index in [4.69, 9.17) is 0 Å². The highest BCUT2D eigenvalue weighted by molar-refractivity contribution is 7.99. The first-order valence-electron chi connectivity index (χ1n) is 3.11. The summed E-state index contributed by atoms with van der Waals surface area (Å²) < 4.78 is 0. The Morgan fingerprint density at radius 2 is 2.56 bits per heavy atom. The van der Waals surface area contributed by atoms with Crippen molar-refractivity contribution in [1.82, 2.24) is 10.6 Å². The number of thioether (sulfide) groups is 1. The molecule has 1 aliphatic heterocycles. The molecule has 0 spiro atoms. The van der Waals surface area contributed by atoms with Crippen LogP contribution >= 0.6 is 11.8 Å². The predicted octanol–water partition coefficient (Wildman–Crippen LogP) is 0.730. The number of hydrogen-bond acceptors (Lipinski definition) is 3. The third-order valence-corrected chi connectivity index (χ3v) is 2.02. The molecule has 0 saturated carbocycles. The average molecular weight is 144 g/mol. The van der Waals surface area contributed by atoms with Gasteiger partial charge in [0.15, 0.2) is 0 Å². The molecule has 2 N–H and O–H groups in total. The molecule has 9 heavy (non-hydrogen) atoms. The van der Waals surface area contributed by atoms with Crippen molar-refractivity contribution in [2.45, 2.75) is 11.9 Å². The van der Waals surface area contributed by atoms with E-state index in [1.54, 1.807) is 11.8 Å². The minimum absolute atomic E-state index is 0.406. The molecule has 1 heterocycles. The summed E-state index contributed by atoms with van der Waals surface area (Å²) in [6, 6.07) is 0. The van der Waals surface area contributed by atoms with E-state index in [1.807, 2.05) is 6.20 Å². The lowest BCUT2D eigenvalue weighted by Crippen LogP contribution is -2.35. The molecule has 1 atom stereocenters. The van der Waals surface area contributed by atoms with Gasteiger partial charge in [-0.1, -0.05) is 6.08 Å². The van der Waals surface area contributed by atoms with Crippen LogP contribution in [-0.4, -0.2) is 18.3 Å². The Kier molecular flexibility index (Phi) is 2.94. The monoisotopic (exact) mass is 144 g/mol. The molecular formula is C6H12N2S. The van der Waals surface area contributed by atoms with Crippen molar-refractivity contribution < 1.29 is 0 Å². The van der Waals surface area contributed by atoms with Crippen molar-refractivity contribution in [2.24, 2.45) is 0 Å². The van der Waals surface area contributed by atoms with Gasteiger partial charge in [0.1, 0.15) is 5.50 Å². The fourth-order valence-electron chi connectivity index (χ4n) is 0.747. The lowest BCUT2D eigenvalue weighted by Gasteiger charge is -2.12. The molecular weight excluding hydrogens is 132 g/mol. The number of nitrogens with one attached hydrogen (secondary N) is 2. The third kappa shape index (κ3) is 2.28. The van der Waals surface area contributed by atoms with Gasteiger partial charge in [-0.15, -0.1) is 11.8 Å². The first-order chi connectivity index (χ1) is 4.43. The second kappa shape index (κ2) is 3.80. The molecule has 1 aliphatic rings. The van der Waals surface area contributed by atoms with Crippen LogP contribution in [0.2, 0.25) is 0 Å². The largest absolute Gasteiger partial charge is 0.368 e. The number of hydrogen-bond donors (Lipinski definition) is 2. The van der Waals surface area contributed by atoms with Gasteiger partial charge in [-0.2, -0.15) is 0 Å². The van der Waals surface area contributed by atoms with Gasteiger partial charge in [0, 0.05) is 6.54 Å². The van der Waals surface area contributed by atoms with Crippen molar-refractivity contribution in [3.05, 3.63) is 12.3 Å². The van der Waals surface area contributed by atoms with E-state index in [1.165, 1.54) is 0 Å². The molecule has 0 aromatic carbocycles. The summed E-state index contributed by atoms with van der Waals surface area (Å²) in [5.74, 6) is 0. The standard InChI is InChI=1S/C6H12N2S/c1-9-6-7-4-2-3-5-8-6/h2,4,6-8H,3,5H2,1H3. The first kappa shape index (κ1) is 6.96. The Balaban J connectivity index is 2.29. The van der Waals surface area contributed by atoms with E-state index in [-0.39, 0.29) is 0 Å². The zero-order chi connectivity index (χ0) is 6.53. The molecule has 0 saturated heterocycles. The highest BCUT2D eigenvalue weighted by atomic mass is 32.2. The van der Waals surface area contributed by atoms with Crippen molar-refractivity contribution in [2.75, 3.05) is 12.8 Å². The molecule has 0 radical (unpaired) electrons. The van der Waals surface area contributed by atoms with Gasteiger partial charge < -0.3 is 5.32 Å². The molecule has 0 amide bonds. The maximum Gasteiger partial charge on any atom is 0.125 e. The summed E-state index contributed by atoms with van der Waals surface area (Å²) in [4.78, 5) is 0. The summed E-state index contributed by atoms with van der Waals surface area (Å²) in [7, 11) is 0. The Morgan fingerprint density at radius 1 is 1.67 bits per heavy atom. The summed E-state index contributed by atoms with van der Waals surface area (Å²) in [5, 5.41) is 6.52. The Morgan fingerprint density at radius 3 is 3.33 bits per heavy atom. The van der Waals surface area contributed by atoms with Crippen LogP contribution in [0, 0.1) is 0 Å².